The average Bonchev–Trinajstić information content (AvgIpc) is 3.52. The van der Waals surface area contributed by atoms with E-state index in [1.165, 1.54) is 6.07 Å². The molecule has 37 heavy (non-hydrogen) atoms. The van der Waals surface area contributed by atoms with Crippen molar-refractivity contribution in [1.82, 2.24) is 14.9 Å². The fourth-order valence-electron chi connectivity index (χ4n) is 4.24. The quantitative estimate of drug-likeness (QED) is 0.221. The van der Waals surface area contributed by atoms with E-state index in [1.807, 2.05) is 52.4 Å². The zero-order valence-electron chi connectivity index (χ0n) is 19.4. The number of halogens is 2. The number of amides is 1. The number of carboxylic acids is 1. The van der Waals surface area contributed by atoms with Crippen LogP contribution in [0.2, 0.25) is 10.0 Å². The number of nitrogens with zero attached hydrogens (tertiary/aromatic N) is 2. The molecule has 1 amide bonds. The lowest BCUT2D eigenvalue weighted by Gasteiger charge is -2.21. The summed E-state index contributed by atoms with van der Waals surface area (Å²) in [5.41, 5.74) is 2.79. The third-order valence-corrected chi connectivity index (χ3v) is 7.40. The smallest absolute Gasteiger partial charge is 0.335 e. The minimum absolute atomic E-state index is 0.149. The van der Waals surface area contributed by atoms with Gasteiger partial charge in [-0.05, 0) is 59.8 Å². The predicted octanol–water partition coefficient (Wildman–Crippen LogP) is 6.86. The fourth-order valence-corrected chi connectivity index (χ4v) is 5.43. The molecule has 5 aromatic rings. The number of carbonyl (C=O) groups excluding carboxylic acids is 1. The first-order valence-corrected chi connectivity index (χ1v) is 13.1. The average molecular weight is 550 g/mol. The molecule has 0 spiro atoms. The molecule has 186 valence electrons. The van der Waals surface area contributed by atoms with Crippen LogP contribution in [0, 0.1) is 0 Å². The molecular formula is C28H21Cl2N3O3S. The number of thiophene rings is 1. The lowest BCUT2D eigenvalue weighted by atomic mass is 10.0. The highest BCUT2D eigenvalue weighted by Crippen LogP contribution is 2.28. The Morgan fingerprint density at radius 2 is 1.81 bits per heavy atom. The maximum absolute atomic E-state index is 13.4. The second-order valence-corrected chi connectivity index (χ2v) is 10.4. The first kappa shape index (κ1) is 25.0. The monoisotopic (exact) mass is 549 g/mol. The molecule has 6 nitrogen and oxygen atoms in total. The summed E-state index contributed by atoms with van der Waals surface area (Å²) in [6, 6.07) is 22.9. The topological polar surface area (TPSA) is 84.2 Å². The second-order valence-electron chi connectivity index (χ2n) is 8.48. The van der Waals surface area contributed by atoms with Crippen molar-refractivity contribution in [2.75, 3.05) is 0 Å². The van der Waals surface area contributed by atoms with E-state index < -0.39 is 12.0 Å². The van der Waals surface area contributed by atoms with Crippen LogP contribution in [-0.2, 0) is 13.0 Å². The van der Waals surface area contributed by atoms with E-state index in [-0.39, 0.29) is 16.5 Å². The van der Waals surface area contributed by atoms with Crippen molar-refractivity contribution in [3.8, 4) is 0 Å². The van der Waals surface area contributed by atoms with Crippen LogP contribution in [0.5, 0.6) is 0 Å². The molecule has 0 radical (unpaired) electrons. The van der Waals surface area contributed by atoms with Crippen LogP contribution >= 0.6 is 34.5 Å². The van der Waals surface area contributed by atoms with Gasteiger partial charge >= 0.3 is 5.97 Å². The molecule has 2 N–H and O–H groups in total. The number of rotatable bonds is 8. The Kier molecular flexibility index (Phi) is 7.28. The number of nitrogens with one attached hydrogen (secondary N) is 1. The van der Waals surface area contributed by atoms with Crippen molar-refractivity contribution in [2.24, 2.45) is 0 Å². The van der Waals surface area contributed by atoms with Crippen molar-refractivity contribution in [2.45, 2.75) is 19.0 Å². The van der Waals surface area contributed by atoms with Crippen LogP contribution in [0.3, 0.4) is 0 Å². The van der Waals surface area contributed by atoms with E-state index in [2.05, 4.69) is 5.32 Å². The summed E-state index contributed by atoms with van der Waals surface area (Å²) in [4.78, 5) is 31.0. The highest BCUT2D eigenvalue weighted by molar-refractivity contribution is 7.09. The van der Waals surface area contributed by atoms with Crippen molar-refractivity contribution in [3.63, 3.8) is 0 Å². The van der Waals surface area contributed by atoms with Crippen LogP contribution in [-0.4, -0.2) is 26.5 Å². The first-order chi connectivity index (χ1) is 17.9. The molecule has 9 heteroatoms. The Bertz CT molecular complexity index is 1580. The van der Waals surface area contributed by atoms with Gasteiger partial charge in [0.1, 0.15) is 5.82 Å². The molecule has 0 bridgehead atoms. The number of fused-ring (bicyclic) bond motifs is 1. The van der Waals surface area contributed by atoms with Gasteiger partial charge in [0.05, 0.1) is 39.8 Å². The summed E-state index contributed by atoms with van der Waals surface area (Å²) >= 11 is 14.0. The first-order valence-electron chi connectivity index (χ1n) is 11.4. The van der Waals surface area contributed by atoms with E-state index in [9.17, 15) is 14.7 Å². The van der Waals surface area contributed by atoms with Gasteiger partial charge in [0.2, 0.25) is 0 Å². The molecule has 0 aliphatic rings. The molecule has 5 rings (SSSR count). The summed E-state index contributed by atoms with van der Waals surface area (Å²) in [5, 5.41) is 15.3. The van der Waals surface area contributed by atoms with E-state index in [0.717, 1.165) is 16.0 Å². The molecule has 0 saturated carbocycles. The van der Waals surface area contributed by atoms with Crippen LogP contribution in [0.15, 0.2) is 84.2 Å². The summed E-state index contributed by atoms with van der Waals surface area (Å²) in [6.45, 7) is 0.527. The number of hydrogen-bond acceptors (Lipinski definition) is 4. The van der Waals surface area contributed by atoms with Crippen molar-refractivity contribution in [3.05, 3.63) is 122 Å². The van der Waals surface area contributed by atoms with Gasteiger partial charge in [0.25, 0.3) is 5.91 Å². The van der Waals surface area contributed by atoms with Gasteiger partial charge in [-0.3, -0.25) is 4.79 Å². The summed E-state index contributed by atoms with van der Waals surface area (Å²) in [7, 11) is 0. The van der Waals surface area contributed by atoms with Crippen molar-refractivity contribution in [1.29, 1.82) is 0 Å². The third kappa shape index (κ3) is 5.54. The molecular weight excluding hydrogens is 529 g/mol. The number of aromatic nitrogens is 2. The second kappa shape index (κ2) is 10.8. The molecule has 2 aromatic heterocycles. The zero-order valence-corrected chi connectivity index (χ0v) is 21.7. The van der Waals surface area contributed by atoms with E-state index in [4.69, 9.17) is 28.2 Å². The minimum Gasteiger partial charge on any atom is -0.478 e. The van der Waals surface area contributed by atoms with E-state index in [0.29, 0.717) is 34.9 Å². The Labute approximate surface area is 227 Å². The maximum Gasteiger partial charge on any atom is 0.335 e. The maximum atomic E-state index is 13.4. The lowest BCUT2D eigenvalue weighted by Crippen LogP contribution is -2.32. The van der Waals surface area contributed by atoms with Gasteiger partial charge in [-0.2, -0.15) is 0 Å². The van der Waals surface area contributed by atoms with Gasteiger partial charge in [0, 0.05) is 9.90 Å². The van der Waals surface area contributed by atoms with Crippen LogP contribution in [0.1, 0.15) is 43.0 Å². The summed E-state index contributed by atoms with van der Waals surface area (Å²) in [5.74, 6) is -0.764. The molecule has 0 fully saturated rings. The molecule has 1 atom stereocenters. The van der Waals surface area contributed by atoms with E-state index in [1.54, 1.807) is 41.7 Å². The molecule has 2 heterocycles. The summed E-state index contributed by atoms with van der Waals surface area (Å²) in [6.07, 6.45) is 0.470. The Morgan fingerprint density at radius 1 is 1.00 bits per heavy atom. The molecule has 0 aliphatic heterocycles. The fraction of sp³-hybridized carbons (Fsp3) is 0.107. The van der Waals surface area contributed by atoms with Crippen molar-refractivity contribution >= 4 is 57.4 Å². The van der Waals surface area contributed by atoms with Gasteiger partial charge in [-0.15, -0.1) is 11.3 Å². The number of imidazole rings is 1. The van der Waals surface area contributed by atoms with Gasteiger partial charge < -0.3 is 15.0 Å². The highest BCUT2D eigenvalue weighted by Gasteiger charge is 2.25. The lowest BCUT2D eigenvalue weighted by molar-refractivity contribution is 0.0696. The Balaban J connectivity index is 1.62. The van der Waals surface area contributed by atoms with Crippen LogP contribution in [0.4, 0.5) is 0 Å². The number of hydrogen-bond donors (Lipinski definition) is 2. The highest BCUT2D eigenvalue weighted by atomic mass is 35.5. The molecule has 0 saturated heterocycles. The SMILES string of the molecule is O=C(O)c1ccc2c(c1)nc(C(Cc1ccccc1)NC(=O)c1ccc(Cl)cc1Cl)n2Cc1cccs1. The third-order valence-electron chi connectivity index (χ3n) is 5.99. The summed E-state index contributed by atoms with van der Waals surface area (Å²) < 4.78 is 2.03. The predicted molar refractivity (Wildman–Crippen MR) is 147 cm³/mol. The number of carboxylic acid groups (broad SMARTS) is 1. The minimum atomic E-state index is -1.03. The molecule has 3 aromatic carbocycles. The Hall–Kier alpha value is -3.65. The Morgan fingerprint density at radius 3 is 2.51 bits per heavy atom. The van der Waals surface area contributed by atoms with Crippen LogP contribution in [0.25, 0.3) is 11.0 Å². The van der Waals surface area contributed by atoms with Gasteiger partial charge in [-0.1, -0.05) is 59.6 Å². The van der Waals surface area contributed by atoms with E-state index >= 15 is 0 Å². The number of aromatic carboxylic acids is 1. The van der Waals surface area contributed by atoms with Gasteiger partial charge in [0.15, 0.2) is 0 Å². The zero-order chi connectivity index (χ0) is 25.9. The molecule has 1 unspecified atom stereocenters. The van der Waals surface area contributed by atoms with Gasteiger partial charge in [-0.25, -0.2) is 9.78 Å². The standard InChI is InChI=1S/C28H21Cl2N3O3S/c29-19-9-10-21(22(30)15-19)27(34)32-24(13-17-5-2-1-3-6-17)26-31-23-14-18(28(35)36)8-11-25(23)33(26)16-20-7-4-12-37-20/h1-12,14-15,24H,13,16H2,(H,32,34)(H,35,36). The normalized spacial score (nSPS) is 11.9. The number of benzene rings is 3. The van der Waals surface area contributed by atoms with Crippen molar-refractivity contribution < 1.29 is 14.7 Å². The number of carbonyl (C=O) groups is 2. The molecule has 0 aliphatic carbocycles. The van der Waals surface area contributed by atoms with Crippen LogP contribution < -0.4 is 5.32 Å². The largest absolute Gasteiger partial charge is 0.478 e.